The molecule has 1 aromatic heterocycles. The van der Waals surface area contributed by atoms with Crippen molar-refractivity contribution in [1.82, 2.24) is 4.98 Å². The van der Waals surface area contributed by atoms with Crippen LogP contribution in [-0.4, -0.2) is 16.2 Å². The number of aryl methyl sites for hydroxylation is 1. The SMILES string of the molecule is Cc1ncc(CNc2ccc(C=O)cc2[N+](=O)[O-])s1. The van der Waals surface area contributed by atoms with E-state index in [2.05, 4.69) is 10.3 Å². The number of benzene rings is 1. The zero-order valence-corrected chi connectivity index (χ0v) is 10.9. The number of anilines is 1. The Bertz CT molecular complexity index is 624. The number of carbonyl (C=O) groups excluding carboxylic acids is 1. The number of carbonyl (C=O) groups is 1. The Labute approximate surface area is 113 Å². The Kier molecular flexibility index (Phi) is 3.86. The summed E-state index contributed by atoms with van der Waals surface area (Å²) in [6.07, 6.45) is 2.32. The summed E-state index contributed by atoms with van der Waals surface area (Å²) in [7, 11) is 0. The summed E-state index contributed by atoms with van der Waals surface area (Å²) in [6, 6.07) is 4.34. The summed E-state index contributed by atoms with van der Waals surface area (Å²) in [6.45, 7) is 2.36. The molecule has 0 saturated heterocycles. The minimum atomic E-state index is -0.507. The van der Waals surface area contributed by atoms with Gasteiger partial charge in [0.2, 0.25) is 0 Å². The van der Waals surface area contributed by atoms with Crippen molar-refractivity contribution in [3.05, 3.63) is 50.0 Å². The molecule has 2 aromatic rings. The van der Waals surface area contributed by atoms with E-state index in [-0.39, 0.29) is 11.3 Å². The fourth-order valence-electron chi connectivity index (χ4n) is 1.59. The fourth-order valence-corrected chi connectivity index (χ4v) is 2.33. The van der Waals surface area contributed by atoms with Crippen LogP contribution in [0.2, 0.25) is 0 Å². The zero-order valence-electron chi connectivity index (χ0n) is 10.1. The average molecular weight is 277 g/mol. The number of rotatable bonds is 5. The Morgan fingerprint density at radius 1 is 1.53 bits per heavy atom. The van der Waals surface area contributed by atoms with E-state index in [0.717, 1.165) is 9.88 Å². The van der Waals surface area contributed by atoms with Crippen LogP contribution >= 0.6 is 11.3 Å². The third-order valence-corrected chi connectivity index (χ3v) is 3.39. The average Bonchev–Trinajstić information content (AvgIpc) is 2.82. The van der Waals surface area contributed by atoms with Gasteiger partial charge < -0.3 is 5.32 Å². The van der Waals surface area contributed by atoms with E-state index < -0.39 is 4.92 Å². The monoisotopic (exact) mass is 277 g/mol. The highest BCUT2D eigenvalue weighted by Gasteiger charge is 2.14. The smallest absolute Gasteiger partial charge is 0.293 e. The Morgan fingerprint density at radius 3 is 2.89 bits per heavy atom. The van der Waals surface area contributed by atoms with Crippen molar-refractivity contribution in [3.63, 3.8) is 0 Å². The molecule has 1 aromatic carbocycles. The number of aromatic nitrogens is 1. The van der Waals surface area contributed by atoms with Gasteiger partial charge in [-0.3, -0.25) is 14.9 Å². The molecule has 1 heterocycles. The van der Waals surface area contributed by atoms with Crippen LogP contribution in [-0.2, 0) is 6.54 Å². The van der Waals surface area contributed by atoms with E-state index in [1.54, 1.807) is 12.3 Å². The van der Waals surface area contributed by atoms with Crippen LogP contribution in [0.1, 0.15) is 20.2 Å². The Balaban J connectivity index is 2.19. The van der Waals surface area contributed by atoms with Crippen molar-refractivity contribution in [2.45, 2.75) is 13.5 Å². The highest BCUT2D eigenvalue weighted by Crippen LogP contribution is 2.26. The Morgan fingerprint density at radius 2 is 2.32 bits per heavy atom. The van der Waals surface area contributed by atoms with Crippen molar-refractivity contribution < 1.29 is 9.72 Å². The number of nitro benzene ring substituents is 1. The molecule has 0 atom stereocenters. The second-order valence-electron chi connectivity index (χ2n) is 3.85. The van der Waals surface area contributed by atoms with E-state index >= 15 is 0 Å². The first-order valence-corrected chi connectivity index (χ1v) is 6.30. The number of aldehydes is 1. The summed E-state index contributed by atoms with van der Waals surface area (Å²) in [5.41, 5.74) is 0.568. The summed E-state index contributed by atoms with van der Waals surface area (Å²) in [5, 5.41) is 14.9. The molecule has 2 rings (SSSR count). The zero-order chi connectivity index (χ0) is 13.8. The van der Waals surface area contributed by atoms with Crippen molar-refractivity contribution >= 4 is 29.0 Å². The molecule has 0 unspecified atom stereocenters. The quantitative estimate of drug-likeness (QED) is 0.516. The van der Waals surface area contributed by atoms with Crippen molar-refractivity contribution in [1.29, 1.82) is 0 Å². The van der Waals surface area contributed by atoms with Crippen LogP contribution in [0.15, 0.2) is 24.4 Å². The highest BCUT2D eigenvalue weighted by molar-refractivity contribution is 7.11. The third kappa shape index (κ3) is 3.14. The Hall–Kier alpha value is -2.28. The second kappa shape index (κ2) is 5.57. The molecule has 0 spiro atoms. The third-order valence-electron chi connectivity index (χ3n) is 2.48. The van der Waals surface area contributed by atoms with E-state index in [9.17, 15) is 14.9 Å². The molecule has 0 aliphatic rings. The predicted molar refractivity (Wildman–Crippen MR) is 72.7 cm³/mol. The van der Waals surface area contributed by atoms with Gasteiger partial charge in [-0.1, -0.05) is 0 Å². The maximum Gasteiger partial charge on any atom is 0.293 e. The molecule has 98 valence electrons. The molecule has 0 fully saturated rings. The van der Waals surface area contributed by atoms with Gasteiger partial charge in [0, 0.05) is 22.7 Å². The normalized spacial score (nSPS) is 10.2. The lowest BCUT2D eigenvalue weighted by Crippen LogP contribution is -2.02. The molecule has 0 aliphatic carbocycles. The molecule has 0 radical (unpaired) electrons. The lowest BCUT2D eigenvalue weighted by atomic mass is 10.2. The molecule has 0 bridgehead atoms. The number of hydrogen-bond acceptors (Lipinski definition) is 6. The van der Waals surface area contributed by atoms with Crippen LogP contribution in [0, 0.1) is 17.0 Å². The molecular formula is C12H11N3O3S. The predicted octanol–water partition coefficient (Wildman–Crippen LogP) is 2.78. The van der Waals surface area contributed by atoms with Gasteiger partial charge in [-0.05, 0) is 19.1 Å². The van der Waals surface area contributed by atoms with E-state index in [1.165, 1.54) is 23.5 Å². The number of nitro groups is 1. The van der Waals surface area contributed by atoms with Crippen molar-refractivity contribution in [2.75, 3.05) is 5.32 Å². The van der Waals surface area contributed by atoms with Crippen LogP contribution in [0.4, 0.5) is 11.4 Å². The van der Waals surface area contributed by atoms with Gasteiger partial charge in [-0.15, -0.1) is 11.3 Å². The lowest BCUT2D eigenvalue weighted by Gasteiger charge is -2.05. The van der Waals surface area contributed by atoms with Crippen molar-refractivity contribution in [2.24, 2.45) is 0 Å². The van der Waals surface area contributed by atoms with Crippen LogP contribution in [0.5, 0.6) is 0 Å². The summed E-state index contributed by atoms with van der Waals surface area (Å²) in [4.78, 5) is 26.2. The molecule has 0 aliphatic heterocycles. The van der Waals surface area contributed by atoms with Gasteiger partial charge in [0.25, 0.3) is 5.69 Å². The topological polar surface area (TPSA) is 85.1 Å². The largest absolute Gasteiger partial charge is 0.375 e. The molecule has 19 heavy (non-hydrogen) atoms. The number of nitrogens with zero attached hydrogens (tertiary/aromatic N) is 2. The van der Waals surface area contributed by atoms with E-state index in [4.69, 9.17) is 0 Å². The van der Waals surface area contributed by atoms with Crippen LogP contribution in [0.25, 0.3) is 0 Å². The molecule has 0 saturated carbocycles. The van der Waals surface area contributed by atoms with Gasteiger partial charge in [0.15, 0.2) is 0 Å². The minimum Gasteiger partial charge on any atom is -0.375 e. The highest BCUT2D eigenvalue weighted by atomic mass is 32.1. The van der Waals surface area contributed by atoms with E-state index in [0.29, 0.717) is 18.5 Å². The summed E-state index contributed by atoms with van der Waals surface area (Å²) < 4.78 is 0. The fraction of sp³-hybridized carbons (Fsp3) is 0.167. The summed E-state index contributed by atoms with van der Waals surface area (Å²) >= 11 is 1.53. The van der Waals surface area contributed by atoms with Gasteiger partial charge in [0.05, 0.1) is 16.5 Å². The maximum absolute atomic E-state index is 10.9. The van der Waals surface area contributed by atoms with Gasteiger partial charge in [-0.2, -0.15) is 0 Å². The number of thiazole rings is 1. The molecular weight excluding hydrogens is 266 g/mol. The van der Waals surface area contributed by atoms with Crippen LogP contribution in [0.3, 0.4) is 0 Å². The molecule has 0 amide bonds. The van der Waals surface area contributed by atoms with Crippen LogP contribution < -0.4 is 5.32 Å². The maximum atomic E-state index is 10.9. The first-order valence-electron chi connectivity index (χ1n) is 5.49. The second-order valence-corrected chi connectivity index (χ2v) is 5.17. The van der Waals surface area contributed by atoms with Gasteiger partial charge in [0.1, 0.15) is 12.0 Å². The van der Waals surface area contributed by atoms with E-state index in [1.807, 2.05) is 6.92 Å². The van der Waals surface area contributed by atoms with Crippen molar-refractivity contribution in [3.8, 4) is 0 Å². The molecule has 1 N–H and O–H groups in total. The van der Waals surface area contributed by atoms with Gasteiger partial charge >= 0.3 is 0 Å². The first-order chi connectivity index (χ1) is 9.10. The molecule has 7 heteroatoms. The standard InChI is InChI=1S/C12H11N3O3S/c1-8-13-5-10(19-8)6-14-11-3-2-9(7-16)4-12(11)15(17)18/h2-5,7,14H,6H2,1H3. The summed E-state index contributed by atoms with van der Waals surface area (Å²) in [5.74, 6) is 0. The lowest BCUT2D eigenvalue weighted by molar-refractivity contribution is -0.384. The first kappa shape index (κ1) is 13.2. The van der Waals surface area contributed by atoms with Gasteiger partial charge in [-0.25, -0.2) is 4.98 Å². The number of hydrogen-bond donors (Lipinski definition) is 1. The number of nitrogens with one attached hydrogen (secondary N) is 1. The minimum absolute atomic E-state index is 0.106. The molecule has 6 nitrogen and oxygen atoms in total.